The first-order chi connectivity index (χ1) is 9.22. The molecule has 1 aromatic carbocycles. The summed E-state index contributed by atoms with van der Waals surface area (Å²) < 4.78 is 4.93. The minimum absolute atomic E-state index is 0.00858. The van der Waals surface area contributed by atoms with E-state index in [0.29, 0.717) is 24.1 Å². The minimum atomic E-state index is -0.450. The summed E-state index contributed by atoms with van der Waals surface area (Å²) in [5, 5.41) is 21.0. The minimum Gasteiger partial charge on any atom is -0.408 e. The van der Waals surface area contributed by atoms with Gasteiger partial charge in [0.15, 0.2) is 5.58 Å². The Labute approximate surface area is 110 Å². The molecule has 0 spiro atoms. The lowest BCUT2D eigenvalue weighted by atomic mass is 10.1. The number of rotatable bonds is 7. The molecule has 19 heavy (non-hydrogen) atoms. The molecule has 1 atom stereocenters. The Balaban J connectivity index is 1.92. The normalized spacial score (nSPS) is 12.9. The summed E-state index contributed by atoms with van der Waals surface area (Å²) in [6, 6.07) is 5.46. The van der Waals surface area contributed by atoms with Crippen molar-refractivity contribution in [2.75, 3.05) is 19.8 Å². The molecule has 1 heterocycles. The molecule has 6 nitrogen and oxygen atoms in total. The Morgan fingerprint density at radius 3 is 2.95 bits per heavy atom. The fraction of sp³-hybridized carbons (Fsp3) is 0.462. The van der Waals surface area contributed by atoms with Crippen molar-refractivity contribution in [2.45, 2.75) is 18.9 Å². The number of hydrogen-bond donors (Lipinski definition) is 4. The molecular weight excluding hydrogens is 248 g/mol. The Morgan fingerprint density at radius 2 is 2.21 bits per heavy atom. The fourth-order valence-corrected chi connectivity index (χ4v) is 1.99. The van der Waals surface area contributed by atoms with Crippen molar-refractivity contribution in [2.24, 2.45) is 0 Å². The Hall–Kier alpha value is -1.63. The number of aliphatic hydroxyl groups is 2. The lowest BCUT2D eigenvalue weighted by Gasteiger charge is -2.14. The molecule has 6 heteroatoms. The molecule has 2 rings (SSSR count). The van der Waals surface area contributed by atoms with Gasteiger partial charge in [-0.05, 0) is 37.1 Å². The average Bonchev–Trinajstić information content (AvgIpc) is 2.77. The number of nitrogens with one attached hydrogen (secondary N) is 2. The van der Waals surface area contributed by atoms with E-state index < -0.39 is 5.76 Å². The van der Waals surface area contributed by atoms with Crippen molar-refractivity contribution in [1.82, 2.24) is 10.3 Å². The second kappa shape index (κ2) is 6.51. The molecule has 0 aliphatic carbocycles. The molecule has 1 unspecified atom stereocenters. The highest BCUT2D eigenvalue weighted by atomic mass is 16.4. The van der Waals surface area contributed by atoms with E-state index >= 15 is 0 Å². The molecule has 0 bridgehead atoms. The topological polar surface area (TPSA) is 98.5 Å². The van der Waals surface area contributed by atoms with E-state index in [1.165, 1.54) is 0 Å². The van der Waals surface area contributed by atoms with Gasteiger partial charge in [0.25, 0.3) is 0 Å². The SMILES string of the molecule is O=c1[nH]c2cc(CCNC(CO)CCO)ccc2o1. The first-order valence-electron chi connectivity index (χ1n) is 6.30. The number of fused-ring (bicyclic) bond motifs is 1. The van der Waals surface area contributed by atoms with Crippen LogP contribution >= 0.6 is 0 Å². The number of H-pyrrole nitrogens is 1. The maximum Gasteiger partial charge on any atom is 0.417 e. The number of aromatic nitrogens is 1. The first kappa shape index (κ1) is 13.8. The Kier molecular flexibility index (Phi) is 4.73. The zero-order valence-corrected chi connectivity index (χ0v) is 10.6. The van der Waals surface area contributed by atoms with Crippen LogP contribution in [0.15, 0.2) is 27.4 Å². The van der Waals surface area contributed by atoms with E-state index in [9.17, 15) is 4.79 Å². The summed E-state index contributed by atoms with van der Waals surface area (Å²) in [7, 11) is 0. The highest BCUT2D eigenvalue weighted by molar-refractivity contribution is 5.72. The van der Waals surface area contributed by atoms with Gasteiger partial charge in [-0.25, -0.2) is 4.79 Å². The molecule has 104 valence electrons. The van der Waals surface area contributed by atoms with Gasteiger partial charge in [0, 0.05) is 12.6 Å². The van der Waals surface area contributed by atoms with Gasteiger partial charge in [-0.2, -0.15) is 0 Å². The van der Waals surface area contributed by atoms with Gasteiger partial charge >= 0.3 is 5.76 Å². The van der Waals surface area contributed by atoms with Gasteiger partial charge in [-0.1, -0.05) is 6.07 Å². The molecule has 2 aromatic rings. The molecule has 0 fully saturated rings. The van der Waals surface area contributed by atoms with Gasteiger partial charge in [0.2, 0.25) is 0 Å². The maximum atomic E-state index is 11.0. The number of oxazole rings is 1. The number of aromatic amines is 1. The molecular formula is C13H18N2O4. The summed E-state index contributed by atoms with van der Waals surface area (Å²) in [5.74, 6) is -0.450. The van der Waals surface area contributed by atoms with Crippen LogP contribution in [0.25, 0.3) is 11.1 Å². The van der Waals surface area contributed by atoms with Crippen molar-refractivity contribution in [3.63, 3.8) is 0 Å². The molecule has 0 aliphatic rings. The molecule has 0 amide bonds. The summed E-state index contributed by atoms with van der Waals surface area (Å²) in [5.41, 5.74) is 2.31. The van der Waals surface area contributed by atoms with E-state index in [4.69, 9.17) is 14.6 Å². The predicted molar refractivity (Wildman–Crippen MR) is 71.1 cm³/mol. The van der Waals surface area contributed by atoms with E-state index in [1.807, 2.05) is 12.1 Å². The number of hydrogen-bond acceptors (Lipinski definition) is 5. The van der Waals surface area contributed by atoms with Crippen molar-refractivity contribution < 1.29 is 14.6 Å². The number of aliphatic hydroxyl groups excluding tert-OH is 2. The van der Waals surface area contributed by atoms with Gasteiger partial charge in [0.1, 0.15) is 0 Å². The van der Waals surface area contributed by atoms with E-state index in [0.717, 1.165) is 12.0 Å². The first-order valence-corrected chi connectivity index (χ1v) is 6.30. The second-order valence-electron chi connectivity index (χ2n) is 4.44. The lowest BCUT2D eigenvalue weighted by molar-refractivity contribution is 0.201. The number of benzene rings is 1. The van der Waals surface area contributed by atoms with Crippen LogP contribution in [-0.2, 0) is 6.42 Å². The van der Waals surface area contributed by atoms with Crippen LogP contribution in [0.4, 0.5) is 0 Å². The van der Waals surface area contributed by atoms with Crippen LogP contribution in [0.1, 0.15) is 12.0 Å². The van der Waals surface area contributed by atoms with E-state index in [1.54, 1.807) is 6.07 Å². The average molecular weight is 266 g/mol. The molecule has 4 N–H and O–H groups in total. The third-order valence-corrected chi connectivity index (χ3v) is 3.03. The fourth-order valence-electron chi connectivity index (χ4n) is 1.99. The van der Waals surface area contributed by atoms with Crippen LogP contribution in [0.3, 0.4) is 0 Å². The van der Waals surface area contributed by atoms with Crippen LogP contribution in [0.2, 0.25) is 0 Å². The van der Waals surface area contributed by atoms with E-state index in [2.05, 4.69) is 10.3 Å². The Morgan fingerprint density at radius 1 is 1.37 bits per heavy atom. The summed E-state index contributed by atoms with van der Waals surface area (Å²) >= 11 is 0. The van der Waals surface area contributed by atoms with Crippen molar-refractivity contribution >= 4 is 11.1 Å². The molecule has 1 aromatic heterocycles. The molecule has 0 aliphatic heterocycles. The van der Waals surface area contributed by atoms with Crippen LogP contribution in [0, 0.1) is 0 Å². The van der Waals surface area contributed by atoms with E-state index in [-0.39, 0.29) is 19.3 Å². The highest BCUT2D eigenvalue weighted by Gasteiger charge is 2.06. The van der Waals surface area contributed by atoms with Gasteiger partial charge in [-0.3, -0.25) is 4.98 Å². The third-order valence-electron chi connectivity index (χ3n) is 3.03. The highest BCUT2D eigenvalue weighted by Crippen LogP contribution is 2.12. The van der Waals surface area contributed by atoms with Gasteiger partial charge < -0.3 is 19.9 Å². The largest absolute Gasteiger partial charge is 0.417 e. The van der Waals surface area contributed by atoms with Crippen LogP contribution < -0.4 is 11.1 Å². The third kappa shape index (κ3) is 3.66. The van der Waals surface area contributed by atoms with Gasteiger partial charge in [0.05, 0.1) is 12.1 Å². The monoisotopic (exact) mass is 266 g/mol. The van der Waals surface area contributed by atoms with Crippen molar-refractivity contribution in [3.05, 3.63) is 34.3 Å². The summed E-state index contributed by atoms with van der Waals surface area (Å²) in [6.45, 7) is 0.758. The predicted octanol–water partition coefficient (Wildman–Crippen LogP) is -0.00350. The van der Waals surface area contributed by atoms with Crippen molar-refractivity contribution in [1.29, 1.82) is 0 Å². The van der Waals surface area contributed by atoms with Crippen LogP contribution in [0.5, 0.6) is 0 Å². The molecule has 0 radical (unpaired) electrons. The summed E-state index contributed by atoms with van der Waals surface area (Å²) in [4.78, 5) is 13.6. The van der Waals surface area contributed by atoms with Gasteiger partial charge in [-0.15, -0.1) is 0 Å². The molecule has 0 saturated heterocycles. The quantitative estimate of drug-likeness (QED) is 0.565. The smallest absolute Gasteiger partial charge is 0.408 e. The lowest BCUT2D eigenvalue weighted by Crippen LogP contribution is -2.34. The molecule has 0 saturated carbocycles. The Bertz CT molecular complexity index is 575. The van der Waals surface area contributed by atoms with Crippen LogP contribution in [-0.4, -0.2) is 41.0 Å². The second-order valence-corrected chi connectivity index (χ2v) is 4.44. The summed E-state index contributed by atoms with van der Waals surface area (Å²) in [6.07, 6.45) is 1.30. The zero-order chi connectivity index (χ0) is 13.7. The van der Waals surface area contributed by atoms with Crippen molar-refractivity contribution in [3.8, 4) is 0 Å². The standard InChI is InChI=1S/C13H18N2O4/c16-6-4-10(8-17)14-5-3-9-1-2-12-11(7-9)15-13(18)19-12/h1-2,7,10,14,16-17H,3-6,8H2,(H,15,18). The maximum absolute atomic E-state index is 11.0. The zero-order valence-electron chi connectivity index (χ0n) is 10.6.